The zero-order chi connectivity index (χ0) is 12.5. The highest BCUT2D eigenvalue weighted by atomic mass is 32.1. The van der Waals surface area contributed by atoms with E-state index in [1.165, 1.54) is 16.9 Å². The van der Waals surface area contributed by atoms with Gasteiger partial charge in [-0.2, -0.15) is 0 Å². The molecule has 5 heteroatoms. The number of aromatic amines is 1. The highest BCUT2D eigenvalue weighted by Crippen LogP contribution is 2.34. The molecular formula is C13H16N2O2S. The molecule has 0 bridgehead atoms. The molecule has 0 atom stereocenters. The Morgan fingerprint density at radius 1 is 1.44 bits per heavy atom. The van der Waals surface area contributed by atoms with Gasteiger partial charge in [0, 0.05) is 17.9 Å². The van der Waals surface area contributed by atoms with Crippen LogP contribution in [0.2, 0.25) is 0 Å². The molecule has 0 fully saturated rings. The Bertz CT molecular complexity index is 630. The van der Waals surface area contributed by atoms with E-state index in [1.807, 2.05) is 6.92 Å². The van der Waals surface area contributed by atoms with Gasteiger partial charge in [-0.15, -0.1) is 11.3 Å². The largest absolute Gasteiger partial charge is 0.381 e. The van der Waals surface area contributed by atoms with Gasteiger partial charge in [-0.1, -0.05) is 0 Å². The molecule has 2 aromatic heterocycles. The Labute approximate surface area is 109 Å². The summed E-state index contributed by atoms with van der Waals surface area (Å²) in [6.45, 7) is 3.26. The molecule has 0 saturated carbocycles. The molecule has 0 saturated heterocycles. The molecule has 0 spiro atoms. The van der Waals surface area contributed by atoms with Crippen molar-refractivity contribution in [3.05, 3.63) is 26.6 Å². The van der Waals surface area contributed by atoms with E-state index in [0.717, 1.165) is 28.9 Å². The fourth-order valence-corrected chi connectivity index (χ4v) is 3.76. The van der Waals surface area contributed by atoms with Gasteiger partial charge >= 0.3 is 0 Å². The third-order valence-electron chi connectivity index (χ3n) is 3.31. The van der Waals surface area contributed by atoms with Crippen LogP contribution in [0.15, 0.2) is 4.79 Å². The van der Waals surface area contributed by atoms with Gasteiger partial charge in [0.25, 0.3) is 5.56 Å². The summed E-state index contributed by atoms with van der Waals surface area (Å²) in [5.74, 6) is 0.737. The Morgan fingerprint density at radius 2 is 2.33 bits per heavy atom. The van der Waals surface area contributed by atoms with Gasteiger partial charge < -0.3 is 9.72 Å². The molecular weight excluding hydrogens is 248 g/mol. The fraction of sp³-hybridized carbons (Fsp3) is 0.538. The van der Waals surface area contributed by atoms with Crippen molar-refractivity contribution in [2.45, 2.75) is 32.6 Å². The number of aryl methyl sites for hydroxylation is 2. The highest BCUT2D eigenvalue weighted by Gasteiger charge is 2.20. The average molecular weight is 264 g/mol. The topological polar surface area (TPSA) is 55.0 Å². The molecule has 96 valence electrons. The van der Waals surface area contributed by atoms with E-state index >= 15 is 0 Å². The molecule has 4 nitrogen and oxygen atoms in total. The SMILES string of the molecule is CCOCCc1nc2sc3c(c2c(=O)[nH]1)CCC3. The number of nitrogens with one attached hydrogen (secondary N) is 1. The second-order valence-corrected chi connectivity index (χ2v) is 5.58. The van der Waals surface area contributed by atoms with Crippen molar-refractivity contribution in [2.75, 3.05) is 13.2 Å². The summed E-state index contributed by atoms with van der Waals surface area (Å²) in [6.07, 6.45) is 3.96. The van der Waals surface area contributed by atoms with E-state index in [4.69, 9.17) is 4.74 Å². The van der Waals surface area contributed by atoms with Crippen LogP contribution in [0.3, 0.4) is 0 Å². The van der Waals surface area contributed by atoms with E-state index in [2.05, 4.69) is 9.97 Å². The number of hydrogen-bond acceptors (Lipinski definition) is 4. The van der Waals surface area contributed by atoms with Crippen molar-refractivity contribution in [1.29, 1.82) is 0 Å². The predicted octanol–water partition coefficient (Wildman–Crippen LogP) is 2.05. The van der Waals surface area contributed by atoms with Gasteiger partial charge in [-0.05, 0) is 31.7 Å². The summed E-state index contributed by atoms with van der Waals surface area (Å²) < 4.78 is 5.29. The molecule has 3 rings (SSSR count). The quantitative estimate of drug-likeness (QED) is 0.860. The molecule has 0 aliphatic heterocycles. The molecule has 0 aromatic carbocycles. The maximum Gasteiger partial charge on any atom is 0.259 e. The first-order chi connectivity index (χ1) is 8.79. The number of rotatable bonds is 4. The number of aromatic nitrogens is 2. The van der Waals surface area contributed by atoms with Gasteiger partial charge in [0.15, 0.2) is 0 Å². The van der Waals surface area contributed by atoms with Gasteiger partial charge in [0.2, 0.25) is 0 Å². The monoisotopic (exact) mass is 264 g/mol. The number of ether oxygens (including phenoxy) is 1. The highest BCUT2D eigenvalue weighted by molar-refractivity contribution is 7.18. The van der Waals surface area contributed by atoms with Gasteiger partial charge in [-0.25, -0.2) is 4.98 Å². The minimum absolute atomic E-state index is 0.0194. The third-order valence-corrected chi connectivity index (χ3v) is 4.50. The Morgan fingerprint density at radius 3 is 3.17 bits per heavy atom. The third kappa shape index (κ3) is 1.97. The molecule has 2 heterocycles. The minimum Gasteiger partial charge on any atom is -0.381 e. The summed E-state index contributed by atoms with van der Waals surface area (Å²) in [6, 6.07) is 0. The molecule has 0 unspecified atom stereocenters. The summed E-state index contributed by atoms with van der Waals surface area (Å²) in [7, 11) is 0. The fourth-order valence-electron chi connectivity index (χ4n) is 2.48. The lowest BCUT2D eigenvalue weighted by atomic mass is 10.2. The van der Waals surface area contributed by atoms with E-state index in [-0.39, 0.29) is 5.56 Å². The zero-order valence-corrected chi connectivity index (χ0v) is 11.2. The predicted molar refractivity (Wildman–Crippen MR) is 72.5 cm³/mol. The van der Waals surface area contributed by atoms with Crippen molar-refractivity contribution >= 4 is 21.6 Å². The summed E-state index contributed by atoms with van der Waals surface area (Å²) in [5.41, 5.74) is 1.26. The smallest absolute Gasteiger partial charge is 0.259 e. The Hall–Kier alpha value is -1.20. The second kappa shape index (κ2) is 4.82. The number of fused-ring (bicyclic) bond motifs is 3. The number of H-pyrrole nitrogens is 1. The molecule has 1 aliphatic carbocycles. The van der Waals surface area contributed by atoms with Crippen molar-refractivity contribution in [3.63, 3.8) is 0 Å². The lowest BCUT2D eigenvalue weighted by Gasteiger charge is -2.01. The number of nitrogens with zero attached hydrogens (tertiary/aromatic N) is 1. The van der Waals surface area contributed by atoms with Crippen molar-refractivity contribution in [1.82, 2.24) is 9.97 Å². The second-order valence-electron chi connectivity index (χ2n) is 4.50. The average Bonchev–Trinajstić information content (AvgIpc) is 2.88. The van der Waals surface area contributed by atoms with Gasteiger partial charge in [0.05, 0.1) is 12.0 Å². The number of thiophene rings is 1. The van der Waals surface area contributed by atoms with Crippen LogP contribution in [-0.2, 0) is 24.0 Å². The first kappa shape index (κ1) is 11.9. The van der Waals surface area contributed by atoms with Gasteiger partial charge in [0.1, 0.15) is 10.7 Å². The first-order valence-corrected chi connectivity index (χ1v) is 7.22. The van der Waals surface area contributed by atoms with Crippen molar-refractivity contribution in [3.8, 4) is 0 Å². The van der Waals surface area contributed by atoms with Crippen LogP contribution in [0.5, 0.6) is 0 Å². The van der Waals surface area contributed by atoms with Crippen LogP contribution < -0.4 is 5.56 Å². The maximum absolute atomic E-state index is 12.1. The lowest BCUT2D eigenvalue weighted by Crippen LogP contribution is -2.13. The Balaban J connectivity index is 1.98. The lowest BCUT2D eigenvalue weighted by molar-refractivity contribution is 0.149. The van der Waals surface area contributed by atoms with E-state index in [1.54, 1.807) is 11.3 Å². The summed E-state index contributed by atoms with van der Waals surface area (Å²) in [5, 5.41) is 0.827. The van der Waals surface area contributed by atoms with Crippen LogP contribution >= 0.6 is 11.3 Å². The van der Waals surface area contributed by atoms with Crippen LogP contribution in [0, 0.1) is 0 Å². The Kier molecular flexibility index (Phi) is 3.18. The van der Waals surface area contributed by atoms with Crippen LogP contribution in [-0.4, -0.2) is 23.2 Å². The molecule has 0 radical (unpaired) electrons. The maximum atomic E-state index is 12.1. The molecule has 1 N–H and O–H groups in total. The van der Waals surface area contributed by atoms with Crippen LogP contribution in [0.1, 0.15) is 29.6 Å². The van der Waals surface area contributed by atoms with Crippen LogP contribution in [0.25, 0.3) is 10.2 Å². The zero-order valence-electron chi connectivity index (χ0n) is 10.4. The standard InChI is InChI=1S/C13H16N2O2S/c1-2-17-7-6-10-14-12(16)11-8-4-3-5-9(8)18-13(11)15-10/h2-7H2,1H3,(H,14,15,16). The number of hydrogen-bond donors (Lipinski definition) is 1. The minimum atomic E-state index is 0.0194. The van der Waals surface area contributed by atoms with E-state index < -0.39 is 0 Å². The molecule has 0 amide bonds. The normalized spacial score (nSPS) is 14.3. The van der Waals surface area contributed by atoms with E-state index in [0.29, 0.717) is 19.6 Å². The summed E-state index contributed by atoms with van der Waals surface area (Å²) >= 11 is 1.68. The van der Waals surface area contributed by atoms with E-state index in [9.17, 15) is 4.79 Å². The van der Waals surface area contributed by atoms with Crippen molar-refractivity contribution < 1.29 is 4.74 Å². The van der Waals surface area contributed by atoms with Crippen molar-refractivity contribution in [2.24, 2.45) is 0 Å². The summed E-state index contributed by atoms with van der Waals surface area (Å²) in [4.78, 5) is 21.8. The molecule has 2 aromatic rings. The van der Waals surface area contributed by atoms with Gasteiger partial charge in [-0.3, -0.25) is 4.79 Å². The molecule has 18 heavy (non-hydrogen) atoms. The molecule has 1 aliphatic rings. The van der Waals surface area contributed by atoms with Crippen LogP contribution in [0.4, 0.5) is 0 Å². The first-order valence-electron chi connectivity index (χ1n) is 6.40.